The summed E-state index contributed by atoms with van der Waals surface area (Å²) in [6.45, 7) is -0.217. The van der Waals surface area contributed by atoms with Crippen molar-refractivity contribution in [3.05, 3.63) is 65.0 Å². The highest BCUT2D eigenvalue weighted by Crippen LogP contribution is 2.23. The molecule has 100 valence electrons. The van der Waals surface area contributed by atoms with Gasteiger partial charge in [-0.05, 0) is 12.1 Å². The molecule has 0 heterocycles. The van der Waals surface area contributed by atoms with Crippen molar-refractivity contribution < 1.29 is 17.9 Å². The summed E-state index contributed by atoms with van der Waals surface area (Å²) in [5.41, 5.74) is 5.90. The molecule has 0 bridgehead atoms. The zero-order valence-electron chi connectivity index (χ0n) is 10.00. The highest BCUT2D eigenvalue weighted by atomic mass is 19.1. The van der Waals surface area contributed by atoms with Crippen molar-refractivity contribution >= 4 is 0 Å². The summed E-state index contributed by atoms with van der Waals surface area (Å²) >= 11 is 0. The standard InChI is InChI=1S/C14H12F3NO/c15-11-5-2-6-12(16)14(11)19-8-10-4-1-3-9(7-18)13(10)17/h1-6H,7-8,18H2. The molecule has 0 radical (unpaired) electrons. The average molecular weight is 267 g/mol. The first-order valence-corrected chi connectivity index (χ1v) is 5.66. The van der Waals surface area contributed by atoms with Crippen LogP contribution in [0.1, 0.15) is 11.1 Å². The summed E-state index contributed by atoms with van der Waals surface area (Å²) in [6.07, 6.45) is 0. The molecule has 0 spiro atoms. The number of hydrogen-bond donors (Lipinski definition) is 1. The maximum absolute atomic E-state index is 13.8. The predicted molar refractivity (Wildman–Crippen MR) is 65.0 cm³/mol. The molecule has 0 unspecified atom stereocenters. The van der Waals surface area contributed by atoms with Gasteiger partial charge in [0.1, 0.15) is 12.4 Å². The van der Waals surface area contributed by atoms with E-state index < -0.39 is 23.2 Å². The van der Waals surface area contributed by atoms with E-state index in [1.165, 1.54) is 12.1 Å². The average Bonchev–Trinajstić information content (AvgIpc) is 2.40. The van der Waals surface area contributed by atoms with Crippen LogP contribution in [0.25, 0.3) is 0 Å². The van der Waals surface area contributed by atoms with Crippen molar-refractivity contribution in [3.8, 4) is 5.75 Å². The molecule has 5 heteroatoms. The van der Waals surface area contributed by atoms with Crippen LogP contribution in [0.3, 0.4) is 0 Å². The van der Waals surface area contributed by atoms with Crippen LogP contribution in [0.5, 0.6) is 5.75 Å². The molecule has 0 aliphatic carbocycles. The predicted octanol–water partition coefficient (Wildman–Crippen LogP) is 3.14. The van der Waals surface area contributed by atoms with Gasteiger partial charge in [-0.25, -0.2) is 13.2 Å². The van der Waals surface area contributed by atoms with Gasteiger partial charge in [0, 0.05) is 17.7 Å². The van der Waals surface area contributed by atoms with Crippen molar-refractivity contribution in [2.45, 2.75) is 13.2 Å². The molecule has 0 saturated heterocycles. The van der Waals surface area contributed by atoms with Crippen molar-refractivity contribution in [2.75, 3.05) is 0 Å². The lowest BCUT2D eigenvalue weighted by Crippen LogP contribution is -2.06. The van der Waals surface area contributed by atoms with Crippen LogP contribution in [-0.2, 0) is 13.2 Å². The lowest BCUT2D eigenvalue weighted by atomic mass is 10.1. The molecule has 2 nitrogen and oxygen atoms in total. The van der Waals surface area contributed by atoms with Crippen LogP contribution in [0.2, 0.25) is 0 Å². The molecule has 2 aromatic carbocycles. The third kappa shape index (κ3) is 2.88. The Hall–Kier alpha value is -2.01. The van der Waals surface area contributed by atoms with Crippen LogP contribution in [0.15, 0.2) is 36.4 Å². The van der Waals surface area contributed by atoms with Gasteiger partial charge in [0.2, 0.25) is 0 Å². The van der Waals surface area contributed by atoms with Gasteiger partial charge < -0.3 is 10.5 Å². The van der Waals surface area contributed by atoms with Gasteiger partial charge in [0.15, 0.2) is 17.4 Å². The first-order valence-electron chi connectivity index (χ1n) is 5.66. The summed E-state index contributed by atoms with van der Waals surface area (Å²) in [7, 11) is 0. The summed E-state index contributed by atoms with van der Waals surface area (Å²) in [6, 6.07) is 8.01. The summed E-state index contributed by atoms with van der Waals surface area (Å²) in [5, 5.41) is 0. The van der Waals surface area contributed by atoms with E-state index in [1.54, 1.807) is 12.1 Å². The minimum Gasteiger partial charge on any atom is -0.483 e. The Balaban J connectivity index is 2.19. The lowest BCUT2D eigenvalue weighted by Gasteiger charge is -2.10. The Bertz CT molecular complexity index is 567. The van der Waals surface area contributed by atoms with Crippen LogP contribution in [0.4, 0.5) is 13.2 Å². The molecule has 2 rings (SSSR count). The number of halogens is 3. The number of hydrogen-bond acceptors (Lipinski definition) is 2. The first kappa shape index (κ1) is 13.4. The van der Waals surface area contributed by atoms with Crippen molar-refractivity contribution in [3.63, 3.8) is 0 Å². The molecule has 2 N–H and O–H groups in total. The van der Waals surface area contributed by atoms with Gasteiger partial charge >= 0.3 is 0 Å². The first-order chi connectivity index (χ1) is 9.13. The minimum absolute atomic E-state index is 0.0493. The highest BCUT2D eigenvalue weighted by Gasteiger charge is 2.12. The Morgan fingerprint density at radius 3 is 2.11 bits per heavy atom. The van der Waals surface area contributed by atoms with Gasteiger partial charge in [-0.1, -0.05) is 24.3 Å². The molecule has 2 aromatic rings. The van der Waals surface area contributed by atoms with Crippen LogP contribution in [-0.4, -0.2) is 0 Å². The highest BCUT2D eigenvalue weighted by molar-refractivity contribution is 5.28. The third-order valence-corrected chi connectivity index (χ3v) is 2.67. The Kier molecular flexibility index (Phi) is 4.06. The fraction of sp³-hybridized carbons (Fsp3) is 0.143. The second-order valence-electron chi connectivity index (χ2n) is 3.93. The van der Waals surface area contributed by atoms with E-state index >= 15 is 0 Å². The molecule has 0 aromatic heterocycles. The smallest absolute Gasteiger partial charge is 0.191 e. The summed E-state index contributed by atoms with van der Waals surface area (Å²) < 4.78 is 45.5. The molecule has 19 heavy (non-hydrogen) atoms. The topological polar surface area (TPSA) is 35.2 Å². The maximum atomic E-state index is 13.8. The molecule has 0 fully saturated rings. The molecular formula is C14H12F3NO. The quantitative estimate of drug-likeness (QED) is 0.923. The Morgan fingerprint density at radius 1 is 0.895 bits per heavy atom. The molecule has 0 aliphatic rings. The SMILES string of the molecule is NCc1cccc(COc2c(F)cccc2F)c1F. The normalized spacial score (nSPS) is 10.5. The zero-order chi connectivity index (χ0) is 13.8. The van der Waals surface area contributed by atoms with Crippen LogP contribution < -0.4 is 10.5 Å². The van der Waals surface area contributed by atoms with Gasteiger partial charge in [-0.2, -0.15) is 0 Å². The third-order valence-electron chi connectivity index (χ3n) is 2.67. The van der Waals surface area contributed by atoms with E-state index in [0.29, 0.717) is 5.56 Å². The van der Waals surface area contributed by atoms with Crippen LogP contribution >= 0.6 is 0 Å². The number of rotatable bonds is 4. The van der Waals surface area contributed by atoms with E-state index in [4.69, 9.17) is 10.5 Å². The van der Waals surface area contributed by atoms with E-state index in [-0.39, 0.29) is 18.7 Å². The minimum atomic E-state index is -0.824. The second-order valence-corrected chi connectivity index (χ2v) is 3.93. The Labute approximate surface area is 108 Å². The van der Waals surface area contributed by atoms with E-state index in [1.807, 2.05) is 0 Å². The molecule has 0 amide bonds. The zero-order valence-corrected chi connectivity index (χ0v) is 10.00. The Morgan fingerprint density at radius 2 is 1.47 bits per heavy atom. The lowest BCUT2D eigenvalue weighted by molar-refractivity contribution is 0.269. The van der Waals surface area contributed by atoms with Crippen molar-refractivity contribution in [2.24, 2.45) is 5.73 Å². The number of benzene rings is 2. The van der Waals surface area contributed by atoms with Gasteiger partial charge in [0.25, 0.3) is 0 Å². The summed E-state index contributed by atoms with van der Waals surface area (Å²) in [4.78, 5) is 0. The van der Waals surface area contributed by atoms with E-state index in [2.05, 4.69) is 0 Å². The van der Waals surface area contributed by atoms with E-state index in [0.717, 1.165) is 12.1 Å². The largest absolute Gasteiger partial charge is 0.483 e. The molecule has 0 atom stereocenters. The fourth-order valence-electron chi connectivity index (χ4n) is 1.67. The second kappa shape index (κ2) is 5.75. The van der Waals surface area contributed by atoms with E-state index in [9.17, 15) is 13.2 Å². The monoisotopic (exact) mass is 267 g/mol. The fourth-order valence-corrected chi connectivity index (χ4v) is 1.67. The number of nitrogens with two attached hydrogens (primary N) is 1. The van der Waals surface area contributed by atoms with Gasteiger partial charge in [-0.3, -0.25) is 0 Å². The van der Waals surface area contributed by atoms with Crippen LogP contribution in [0, 0.1) is 17.5 Å². The number of ether oxygens (including phenoxy) is 1. The maximum Gasteiger partial charge on any atom is 0.191 e. The van der Waals surface area contributed by atoms with Crippen molar-refractivity contribution in [1.29, 1.82) is 0 Å². The molecular weight excluding hydrogens is 255 g/mol. The van der Waals surface area contributed by atoms with Gasteiger partial charge in [-0.15, -0.1) is 0 Å². The molecule has 0 aliphatic heterocycles. The number of para-hydroxylation sites is 1. The summed E-state index contributed by atoms with van der Waals surface area (Å²) in [5.74, 6) is -2.67. The molecule has 0 saturated carbocycles. The van der Waals surface area contributed by atoms with Crippen molar-refractivity contribution in [1.82, 2.24) is 0 Å². The van der Waals surface area contributed by atoms with Gasteiger partial charge in [0.05, 0.1) is 0 Å².